The Morgan fingerprint density at radius 2 is 1.71 bits per heavy atom. The van der Waals surface area contributed by atoms with Gasteiger partial charge in [-0.1, -0.05) is 18.0 Å². The number of rotatable bonds is 6. The first-order valence-electron chi connectivity index (χ1n) is 8.73. The Kier molecular flexibility index (Phi) is 6.15. The number of hydrogen-bond acceptors (Lipinski definition) is 6. The molecule has 3 rings (SSSR count). The summed E-state index contributed by atoms with van der Waals surface area (Å²) in [5.74, 6) is 0. The quantitative estimate of drug-likeness (QED) is 0.513. The van der Waals surface area contributed by atoms with Crippen molar-refractivity contribution in [2.75, 3.05) is 10.1 Å². The van der Waals surface area contributed by atoms with Gasteiger partial charge in [-0.15, -0.1) is 0 Å². The smallest absolute Gasteiger partial charge is 0.270 e. The molecule has 2 N–H and O–H groups in total. The van der Waals surface area contributed by atoms with Crippen LogP contribution in [0.1, 0.15) is 32.1 Å². The van der Waals surface area contributed by atoms with Crippen LogP contribution in [0, 0.1) is 10.1 Å². The highest BCUT2D eigenvalue weighted by molar-refractivity contribution is 7.92. The second-order valence-corrected chi connectivity index (χ2v) is 8.49. The number of nitrogens with zero attached hydrogens (tertiary/aromatic N) is 2. The predicted molar refractivity (Wildman–Crippen MR) is 109 cm³/mol. The summed E-state index contributed by atoms with van der Waals surface area (Å²) in [4.78, 5) is 10.2. The monoisotopic (exact) mass is 422 g/mol. The number of nitrogens with one attached hydrogen (secondary N) is 2. The lowest BCUT2D eigenvalue weighted by molar-refractivity contribution is -0.385. The Bertz CT molecular complexity index is 999. The molecular weight excluding hydrogens is 404 g/mol. The van der Waals surface area contributed by atoms with Crippen molar-refractivity contribution in [1.82, 2.24) is 0 Å². The number of benzene rings is 2. The molecule has 1 fully saturated rings. The van der Waals surface area contributed by atoms with E-state index in [2.05, 4.69) is 15.2 Å². The van der Waals surface area contributed by atoms with Crippen LogP contribution in [0.4, 0.5) is 17.1 Å². The fraction of sp³-hybridized carbons (Fsp3) is 0.278. The van der Waals surface area contributed by atoms with Crippen LogP contribution in [0.3, 0.4) is 0 Å². The van der Waals surface area contributed by atoms with Gasteiger partial charge in [0.1, 0.15) is 4.90 Å². The summed E-state index contributed by atoms with van der Waals surface area (Å²) in [6.07, 6.45) is 4.95. The molecule has 2 aromatic rings. The molecule has 0 amide bonds. The van der Waals surface area contributed by atoms with Crippen molar-refractivity contribution in [3.05, 3.63) is 57.6 Å². The molecule has 10 heteroatoms. The van der Waals surface area contributed by atoms with Crippen molar-refractivity contribution < 1.29 is 13.3 Å². The molecule has 1 saturated carbocycles. The molecule has 0 unspecified atom stereocenters. The molecule has 0 saturated heterocycles. The molecule has 8 nitrogen and oxygen atoms in total. The van der Waals surface area contributed by atoms with Crippen LogP contribution >= 0.6 is 11.6 Å². The highest BCUT2D eigenvalue weighted by Gasteiger charge is 2.23. The molecule has 0 bridgehead atoms. The first kappa shape index (κ1) is 20.1. The summed E-state index contributed by atoms with van der Waals surface area (Å²) >= 11 is 5.82. The summed E-state index contributed by atoms with van der Waals surface area (Å²) in [5.41, 5.74) is 3.87. The predicted octanol–water partition coefficient (Wildman–Crippen LogP) is 4.78. The maximum atomic E-state index is 12.9. The zero-order valence-corrected chi connectivity index (χ0v) is 16.5. The minimum atomic E-state index is -4.10. The van der Waals surface area contributed by atoms with E-state index in [1.807, 2.05) is 0 Å². The van der Waals surface area contributed by atoms with Gasteiger partial charge in [-0.3, -0.25) is 20.3 Å². The van der Waals surface area contributed by atoms with Crippen LogP contribution in [-0.4, -0.2) is 19.1 Å². The van der Waals surface area contributed by atoms with E-state index in [4.69, 9.17) is 11.6 Å². The molecule has 0 radical (unpaired) electrons. The summed E-state index contributed by atoms with van der Waals surface area (Å²) in [6, 6.07) is 9.70. The standard InChI is InChI=1S/C18H19ClN4O4S/c19-13-6-8-15(9-7-13)22-28(26,27)18-12-16(23(24)25)10-11-17(18)21-20-14-4-2-1-3-5-14/h6-12,21-22H,1-5H2. The van der Waals surface area contributed by atoms with Gasteiger partial charge in [0, 0.05) is 28.6 Å². The van der Waals surface area contributed by atoms with Gasteiger partial charge >= 0.3 is 0 Å². The van der Waals surface area contributed by atoms with E-state index in [-0.39, 0.29) is 16.3 Å². The molecule has 28 heavy (non-hydrogen) atoms. The zero-order valence-electron chi connectivity index (χ0n) is 14.9. The molecule has 0 aromatic heterocycles. The topological polar surface area (TPSA) is 114 Å². The molecule has 1 aliphatic carbocycles. The minimum Gasteiger partial charge on any atom is -0.280 e. The van der Waals surface area contributed by atoms with Crippen LogP contribution in [0.25, 0.3) is 0 Å². The van der Waals surface area contributed by atoms with E-state index < -0.39 is 14.9 Å². The van der Waals surface area contributed by atoms with Crippen molar-refractivity contribution in [3.63, 3.8) is 0 Å². The van der Waals surface area contributed by atoms with Gasteiger partial charge < -0.3 is 0 Å². The van der Waals surface area contributed by atoms with Gasteiger partial charge in [0.25, 0.3) is 15.7 Å². The first-order chi connectivity index (χ1) is 13.3. The van der Waals surface area contributed by atoms with Gasteiger partial charge in [-0.25, -0.2) is 8.42 Å². The number of sulfonamides is 1. The summed E-state index contributed by atoms with van der Waals surface area (Å²) < 4.78 is 28.2. The molecular formula is C18H19ClN4O4S. The van der Waals surface area contributed by atoms with Crippen molar-refractivity contribution in [3.8, 4) is 0 Å². The second kappa shape index (κ2) is 8.57. The lowest BCUT2D eigenvalue weighted by Gasteiger charge is -2.15. The summed E-state index contributed by atoms with van der Waals surface area (Å²) in [5, 5.41) is 15.9. The van der Waals surface area contributed by atoms with Gasteiger partial charge in [0.05, 0.1) is 10.6 Å². The van der Waals surface area contributed by atoms with Gasteiger partial charge in [-0.05, 0) is 56.0 Å². The number of hydrazone groups is 1. The summed E-state index contributed by atoms with van der Waals surface area (Å²) in [7, 11) is -4.10. The van der Waals surface area contributed by atoms with Crippen molar-refractivity contribution in [2.45, 2.75) is 37.0 Å². The Labute approximate surface area is 167 Å². The van der Waals surface area contributed by atoms with Gasteiger partial charge in [0.15, 0.2) is 0 Å². The highest BCUT2D eigenvalue weighted by atomic mass is 35.5. The van der Waals surface area contributed by atoms with E-state index in [0.29, 0.717) is 10.7 Å². The Morgan fingerprint density at radius 3 is 2.36 bits per heavy atom. The van der Waals surface area contributed by atoms with Crippen LogP contribution < -0.4 is 10.1 Å². The largest absolute Gasteiger partial charge is 0.280 e. The van der Waals surface area contributed by atoms with Crippen LogP contribution in [-0.2, 0) is 10.0 Å². The Balaban J connectivity index is 1.94. The van der Waals surface area contributed by atoms with E-state index >= 15 is 0 Å². The average Bonchev–Trinajstić information content (AvgIpc) is 2.68. The third-order valence-corrected chi connectivity index (χ3v) is 6.00. The van der Waals surface area contributed by atoms with Crippen LogP contribution in [0.5, 0.6) is 0 Å². The lowest BCUT2D eigenvalue weighted by Crippen LogP contribution is -2.15. The number of nitro groups is 1. The third kappa shape index (κ3) is 4.99. The first-order valence-corrected chi connectivity index (χ1v) is 10.6. The Morgan fingerprint density at radius 1 is 1.04 bits per heavy atom. The number of non-ortho nitro benzene ring substituents is 1. The van der Waals surface area contributed by atoms with Gasteiger partial charge in [0.2, 0.25) is 0 Å². The van der Waals surface area contributed by atoms with E-state index in [1.165, 1.54) is 24.3 Å². The van der Waals surface area contributed by atoms with E-state index in [9.17, 15) is 18.5 Å². The molecule has 0 atom stereocenters. The molecule has 0 aliphatic heterocycles. The van der Waals surface area contributed by atoms with Crippen LogP contribution in [0.2, 0.25) is 5.02 Å². The van der Waals surface area contributed by atoms with Crippen molar-refractivity contribution in [1.29, 1.82) is 0 Å². The number of nitro benzene ring substituents is 1. The lowest BCUT2D eigenvalue weighted by atomic mass is 9.99. The number of hydrogen-bond donors (Lipinski definition) is 2. The maximum absolute atomic E-state index is 12.9. The molecule has 0 spiro atoms. The second-order valence-electron chi connectivity index (χ2n) is 6.40. The molecule has 148 valence electrons. The number of halogens is 1. The fourth-order valence-electron chi connectivity index (χ4n) is 2.88. The summed E-state index contributed by atoms with van der Waals surface area (Å²) in [6.45, 7) is 0. The normalized spacial score (nSPS) is 14.4. The van der Waals surface area contributed by atoms with E-state index in [0.717, 1.165) is 43.9 Å². The SMILES string of the molecule is O=[N+]([O-])c1ccc(NN=C2CCCCC2)c(S(=O)(=O)Nc2ccc(Cl)cc2)c1. The average molecular weight is 423 g/mol. The van der Waals surface area contributed by atoms with Gasteiger partial charge in [-0.2, -0.15) is 5.10 Å². The van der Waals surface area contributed by atoms with Crippen molar-refractivity contribution >= 4 is 44.4 Å². The maximum Gasteiger partial charge on any atom is 0.270 e. The van der Waals surface area contributed by atoms with Crippen LogP contribution in [0.15, 0.2) is 52.5 Å². The molecule has 0 heterocycles. The molecule has 1 aliphatic rings. The van der Waals surface area contributed by atoms with E-state index in [1.54, 1.807) is 12.1 Å². The Hall–Kier alpha value is -2.65. The minimum absolute atomic E-state index is 0.171. The fourth-order valence-corrected chi connectivity index (χ4v) is 4.24. The van der Waals surface area contributed by atoms with Crippen molar-refractivity contribution in [2.24, 2.45) is 5.10 Å². The number of anilines is 2. The zero-order chi connectivity index (χ0) is 20.1. The molecule has 2 aromatic carbocycles. The highest BCUT2D eigenvalue weighted by Crippen LogP contribution is 2.29. The third-order valence-electron chi connectivity index (χ3n) is 4.33.